The molecule has 2 N–H and O–H groups in total. The second-order valence-corrected chi connectivity index (χ2v) is 6.25. The zero-order valence-electron chi connectivity index (χ0n) is 13.4. The number of nitrogens with one attached hydrogen (secondary N) is 1. The van der Waals surface area contributed by atoms with Gasteiger partial charge in [0.25, 0.3) is 0 Å². The Morgan fingerprint density at radius 1 is 1.25 bits per heavy atom. The topological polar surface area (TPSA) is 41.5 Å². The minimum atomic E-state index is -0.400. The van der Waals surface area contributed by atoms with Gasteiger partial charge in [-0.25, -0.2) is 4.39 Å². The molecule has 0 aromatic heterocycles. The van der Waals surface area contributed by atoms with Gasteiger partial charge in [0.2, 0.25) is 0 Å². The van der Waals surface area contributed by atoms with Crippen LogP contribution in [0.2, 0.25) is 10.0 Å². The van der Waals surface area contributed by atoms with E-state index in [2.05, 4.69) is 5.32 Å². The highest BCUT2D eigenvalue weighted by atomic mass is 35.5. The van der Waals surface area contributed by atoms with Crippen molar-refractivity contribution in [3.05, 3.63) is 63.4 Å². The zero-order valence-corrected chi connectivity index (χ0v) is 14.9. The Morgan fingerprint density at radius 3 is 2.71 bits per heavy atom. The third kappa shape index (κ3) is 5.08. The summed E-state index contributed by atoms with van der Waals surface area (Å²) in [4.78, 5) is 0. The zero-order chi connectivity index (χ0) is 17.5. The molecule has 0 bridgehead atoms. The first-order chi connectivity index (χ1) is 11.5. The summed E-state index contributed by atoms with van der Waals surface area (Å²) in [6.45, 7) is 2.55. The number of rotatable bonds is 8. The first-order valence-electron chi connectivity index (χ1n) is 7.73. The average Bonchev–Trinajstić information content (AvgIpc) is 2.57. The van der Waals surface area contributed by atoms with Crippen LogP contribution in [0.1, 0.15) is 24.5 Å². The first kappa shape index (κ1) is 19.0. The predicted molar refractivity (Wildman–Crippen MR) is 95.2 cm³/mol. The fourth-order valence-corrected chi connectivity index (χ4v) is 2.65. The number of benzene rings is 2. The average molecular weight is 372 g/mol. The molecule has 1 atom stereocenters. The summed E-state index contributed by atoms with van der Waals surface area (Å²) in [5.41, 5.74) is 1.15. The molecule has 24 heavy (non-hydrogen) atoms. The molecule has 2 rings (SSSR count). The molecule has 0 amide bonds. The maximum absolute atomic E-state index is 13.8. The van der Waals surface area contributed by atoms with Gasteiger partial charge in [0.1, 0.15) is 18.2 Å². The van der Waals surface area contributed by atoms with Crippen molar-refractivity contribution in [3.63, 3.8) is 0 Å². The number of aliphatic hydroxyl groups excluding tert-OH is 1. The summed E-state index contributed by atoms with van der Waals surface area (Å²) in [5.74, 6) is 0.196. The second kappa shape index (κ2) is 9.23. The van der Waals surface area contributed by atoms with Crippen LogP contribution in [-0.4, -0.2) is 17.8 Å². The van der Waals surface area contributed by atoms with Crippen molar-refractivity contribution in [3.8, 4) is 5.75 Å². The van der Waals surface area contributed by atoms with Crippen LogP contribution in [0.5, 0.6) is 5.75 Å². The van der Waals surface area contributed by atoms with Crippen LogP contribution in [-0.2, 0) is 13.2 Å². The SMILES string of the molecule is CC[C@H](CO)NCc1cc(Cl)ccc1OCc1c(F)cccc1Cl. The van der Waals surface area contributed by atoms with E-state index in [1.165, 1.54) is 6.07 Å². The quantitative estimate of drug-likeness (QED) is 0.713. The van der Waals surface area contributed by atoms with E-state index < -0.39 is 5.82 Å². The number of aliphatic hydroxyl groups is 1. The highest BCUT2D eigenvalue weighted by molar-refractivity contribution is 6.31. The lowest BCUT2D eigenvalue weighted by atomic mass is 10.1. The van der Waals surface area contributed by atoms with Gasteiger partial charge >= 0.3 is 0 Å². The molecular weight excluding hydrogens is 352 g/mol. The maximum atomic E-state index is 13.8. The van der Waals surface area contributed by atoms with Crippen LogP contribution in [0.4, 0.5) is 4.39 Å². The van der Waals surface area contributed by atoms with Crippen molar-refractivity contribution < 1.29 is 14.2 Å². The standard InChI is InChI=1S/C18H20Cl2FNO2/c1-2-14(10-23)22-9-12-8-13(19)6-7-18(12)24-11-15-16(20)4-3-5-17(15)21/h3-8,14,22-23H,2,9-11H2,1H3/t14-/m1/s1. The molecule has 0 saturated heterocycles. The fourth-order valence-electron chi connectivity index (χ4n) is 2.24. The lowest BCUT2D eigenvalue weighted by molar-refractivity contribution is 0.237. The van der Waals surface area contributed by atoms with Crippen LogP contribution in [0.25, 0.3) is 0 Å². The highest BCUT2D eigenvalue weighted by Crippen LogP contribution is 2.26. The highest BCUT2D eigenvalue weighted by Gasteiger charge is 2.11. The minimum Gasteiger partial charge on any atom is -0.488 e. The molecule has 0 fully saturated rings. The van der Waals surface area contributed by atoms with Crippen LogP contribution in [0.3, 0.4) is 0 Å². The summed E-state index contributed by atoms with van der Waals surface area (Å²) < 4.78 is 19.6. The van der Waals surface area contributed by atoms with Gasteiger partial charge < -0.3 is 15.2 Å². The molecule has 0 saturated carbocycles. The molecule has 0 radical (unpaired) electrons. The van der Waals surface area contributed by atoms with E-state index in [4.69, 9.17) is 27.9 Å². The van der Waals surface area contributed by atoms with Gasteiger partial charge in [-0.05, 0) is 36.8 Å². The smallest absolute Gasteiger partial charge is 0.131 e. The molecule has 3 nitrogen and oxygen atoms in total. The molecule has 6 heteroatoms. The number of halogens is 3. The van der Waals surface area contributed by atoms with Gasteiger partial charge in [-0.1, -0.05) is 36.2 Å². The van der Waals surface area contributed by atoms with E-state index in [1.54, 1.807) is 30.3 Å². The molecular formula is C18H20Cl2FNO2. The largest absolute Gasteiger partial charge is 0.488 e. The minimum absolute atomic E-state index is 0.00200. The summed E-state index contributed by atoms with van der Waals surface area (Å²) >= 11 is 12.1. The van der Waals surface area contributed by atoms with Gasteiger partial charge in [0.15, 0.2) is 0 Å². The fraction of sp³-hybridized carbons (Fsp3) is 0.333. The summed E-state index contributed by atoms with van der Waals surface area (Å²) in [6, 6.07) is 9.77. The Labute approximate surface area is 151 Å². The van der Waals surface area contributed by atoms with Crippen LogP contribution in [0.15, 0.2) is 36.4 Å². The molecule has 0 heterocycles. The third-order valence-electron chi connectivity index (χ3n) is 3.75. The molecule has 0 aliphatic carbocycles. The lowest BCUT2D eigenvalue weighted by Crippen LogP contribution is -2.31. The van der Waals surface area contributed by atoms with E-state index in [0.717, 1.165) is 12.0 Å². The Hall–Kier alpha value is -1.33. The molecule has 0 unspecified atom stereocenters. The van der Waals surface area contributed by atoms with Crippen molar-refractivity contribution in [2.24, 2.45) is 0 Å². The molecule has 130 valence electrons. The van der Waals surface area contributed by atoms with E-state index in [0.29, 0.717) is 27.9 Å². The summed E-state index contributed by atoms with van der Waals surface area (Å²) in [6.07, 6.45) is 0.804. The number of hydrogen-bond acceptors (Lipinski definition) is 3. The Kier molecular flexibility index (Phi) is 7.31. The van der Waals surface area contributed by atoms with E-state index >= 15 is 0 Å². The molecule has 2 aromatic carbocycles. The molecule has 0 aliphatic heterocycles. The summed E-state index contributed by atoms with van der Waals surface area (Å²) in [7, 11) is 0. The van der Waals surface area contributed by atoms with Gasteiger partial charge in [-0.3, -0.25) is 0 Å². The molecule has 0 aliphatic rings. The van der Waals surface area contributed by atoms with E-state index in [9.17, 15) is 9.50 Å². The first-order valence-corrected chi connectivity index (χ1v) is 8.49. The number of ether oxygens (including phenoxy) is 1. The Morgan fingerprint density at radius 2 is 2.04 bits per heavy atom. The number of hydrogen-bond donors (Lipinski definition) is 2. The summed E-state index contributed by atoms with van der Waals surface area (Å²) in [5, 5.41) is 13.4. The van der Waals surface area contributed by atoms with Crippen LogP contribution >= 0.6 is 23.2 Å². The van der Waals surface area contributed by atoms with Crippen molar-refractivity contribution in [1.29, 1.82) is 0 Å². The predicted octanol–water partition coefficient (Wildman–Crippen LogP) is 4.57. The normalized spacial score (nSPS) is 12.2. The maximum Gasteiger partial charge on any atom is 0.131 e. The lowest BCUT2D eigenvalue weighted by Gasteiger charge is -2.17. The van der Waals surface area contributed by atoms with Crippen LogP contribution < -0.4 is 10.1 Å². The van der Waals surface area contributed by atoms with E-state index in [1.807, 2.05) is 6.92 Å². The monoisotopic (exact) mass is 371 g/mol. The van der Waals surface area contributed by atoms with Crippen molar-refractivity contribution in [2.45, 2.75) is 32.5 Å². The van der Waals surface area contributed by atoms with E-state index in [-0.39, 0.29) is 19.3 Å². The molecule has 0 spiro atoms. The van der Waals surface area contributed by atoms with Gasteiger partial charge in [-0.2, -0.15) is 0 Å². The third-order valence-corrected chi connectivity index (χ3v) is 4.34. The van der Waals surface area contributed by atoms with Crippen molar-refractivity contribution in [2.75, 3.05) is 6.61 Å². The van der Waals surface area contributed by atoms with Gasteiger partial charge in [0, 0.05) is 28.7 Å². The van der Waals surface area contributed by atoms with Crippen molar-refractivity contribution in [1.82, 2.24) is 5.32 Å². The molecule has 2 aromatic rings. The Balaban J connectivity index is 2.12. The van der Waals surface area contributed by atoms with Gasteiger partial charge in [0.05, 0.1) is 11.6 Å². The van der Waals surface area contributed by atoms with Crippen LogP contribution in [0, 0.1) is 5.82 Å². The second-order valence-electron chi connectivity index (χ2n) is 5.41. The van der Waals surface area contributed by atoms with Crippen molar-refractivity contribution >= 4 is 23.2 Å². The Bertz CT molecular complexity index is 658. The van der Waals surface area contributed by atoms with Gasteiger partial charge in [-0.15, -0.1) is 0 Å².